The van der Waals surface area contributed by atoms with Gasteiger partial charge in [0.15, 0.2) is 11.5 Å². The van der Waals surface area contributed by atoms with Crippen molar-refractivity contribution < 1.29 is 8.42 Å². The average molecular weight is 405 g/mol. The lowest BCUT2D eigenvalue weighted by atomic mass is 10.2. The van der Waals surface area contributed by atoms with Crippen molar-refractivity contribution in [3.05, 3.63) is 59.8 Å². The second-order valence-electron chi connectivity index (χ2n) is 6.40. The number of hydrogen-bond acceptors (Lipinski definition) is 7. The van der Waals surface area contributed by atoms with Crippen molar-refractivity contribution in [2.75, 3.05) is 10.5 Å². The largest absolute Gasteiger partial charge is 0.383 e. The third-order valence-electron chi connectivity index (χ3n) is 4.23. The summed E-state index contributed by atoms with van der Waals surface area (Å²) in [4.78, 5) is 8.65. The fourth-order valence-electron chi connectivity index (χ4n) is 2.83. The summed E-state index contributed by atoms with van der Waals surface area (Å²) in [6, 6.07) is 13.1. The molecule has 0 saturated heterocycles. The molecule has 10 heteroatoms. The number of rotatable bonds is 4. The lowest BCUT2D eigenvalue weighted by Gasteiger charge is -2.10. The number of hydrogen-bond donors (Lipinski definition) is 3. The van der Waals surface area contributed by atoms with Gasteiger partial charge in [-0.2, -0.15) is 10.4 Å². The van der Waals surface area contributed by atoms with Crippen molar-refractivity contribution in [1.82, 2.24) is 20.2 Å². The number of fused-ring (bicyclic) bond motifs is 1. The number of nitrogen functional groups attached to an aromatic ring is 1. The molecule has 2 heterocycles. The predicted octanol–water partition coefficient (Wildman–Crippen LogP) is 2.58. The number of sulfonamides is 1. The van der Waals surface area contributed by atoms with E-state index in [1.807, 2.05) is 6.07 Å². The quantitative estimate of drug-likeness (QED) is 0.472. The van der Waals surface area contributed by atoms with Gasteiger partial charge in [0, 0.05) is 17.4 Å². The zero-order valence-corrected chi connectivity index (χ0v) is 16.0. The van der Waals surface area contributed by atoms with Crippen LogP contribution in [0.25, 0.3) is 22.4 Å². The SMILES string of the molecule is Cc1cc(C#N)cc(S(=O)(=O)Nc2ccc(-c3ncc4c(N)[nH]nc4n3)cc2)c1. The predicted molar refractivity (Wildman–Crippen MR) is 108 cm³/mol. The maximum absolute atomic E-state index is 12.7. The van der Waals surface area contributed by atoms with E-state index in [1.54, 1.807) is 43.5 Å². The highest BCUT2D eigenvalue weighted by Crippen LogP contribution is 2.23. The van der Waals surface area contributed by atoms with Gasteiger partial charge < -0.3 is 5.73 Å². The molecule has 0 radical (unpaired) electrons. The second-order valence-corrected chi connectivity index (χ2v) is 8.08. The Kier molecular flexibility index (Phi) is 4.37. The summed E-state index contributed by atoms with van der Waals surface area (Å²) in [7, 11) is -3.83. The van der Waals surface area contributed by atoms with Crippen LogP contribution in [0.3, 0.4) is 0 Å². The van der Waals surface area contributed by atoms with Gasteiger partial charge in [-0.1, -0.05) is 0 Å². The maximum Gasteiger partial charge on any atom is 0.261 e. The maximum atomic E-state index is 12.7. The summed E-state index contributed by atoms with van der Waals surface area (Å²) in [5.74, 6) is 0.836. The van der Waals surface area contributed by atoms with Crippen molar-refractivity contribution in [2.45, 2.75) is 11.8 Å². The number of nitrogens with two attached hydrogens (primary N) is 1. The summed E-state index contributed by atoms with van der Waals surface area (Å²) in [5, 5.41) is 16.3. The molecule has 2 aromatic carbocycles. The number of aryl methyl sites for hydroxylation is 1. The smallest absolute Gasteiger partial charge is 0.261 e. The van der Waals surface area contributed by atoms with Crippen molar-refractivity contribution in [3.63, 3.8) is 0 Å². The molecule has 0 unspecified atom stereocenters. The third-order valence-corrected chi connectivity index (χ3v) is 5.59. The first kappa shape index (κ1) is 18.4. The normalized spacial score (nSPS) is 11.3. The molecule has 4 aromatic rings. The van der Waals surface area contributed by atoms with Gasteiger partial charge >= 0.3 is 0 Å². The van der Waals surface area contributed by atoms with Gasteiger partial charge in [0.1, 0.15) is 5.82 Å². The van der Waals surface area contributed by atoms with E-state index in [-0.39, 0.29) is 10.5 Å². The monoisotopic (exact) mass is 405 g/mol. The first-order valence-corrected chi connectivity index (χ1v) is 9.96. The number of aromatic nitrogens is 4. The highest BCUT2D eigenvalue weighted by molar-refractivity contribution is 7.92. The topological polar surface area (TPSA) is 150 Å². The van der Waals surface area contributed by atoms with Crippen LogP contribution in [-0.2, 0) is 10.0 Å². The van der Waals surface area contributed by atoms with Crippen LogP contribution in [0, 0.1) is 18.3 Å². The molecule has 0 amide bonds. The lowest BCUT2D eigenvalue weighted by molar-refractivity contribution is 0.601. The minimum Gasteiger partial charge on any atom is -0.383 e. The number of benzene rings is 2. The molecule has 144 valence electrons. The van der Waals surface area contributed by atoms with E-state index < -0.39 is 10.0 Å². The molecular weight excluding hydrogens is 390 g/mol. The highest BCUT2D eigenvalue weighted by atomic mass is 32.2. The van der Waals surface area contributed by atoms with Crippen molar-refractivity contribution in [1.29, 1.82) is 5.26 Å². The molecule has 0 fully saturated rings. The van der Waals surface area contributed by atoms with Crippen molar-refractivity contribution in [2.24, 2.45) is 0 Å². The van der Waals surface area contributed by atoms with Crippen LogP contribution >= 0.6 is 0 Å². The Bertz CT molecular complexity index is 1370. The molecule has 0 aliphatic rings. The summed E-state index contributed by atoms with van der Waals surface area (Å²) in [5.41, 5.74) is 8.23. The zero-order chi connectivity index (χ0) is 20.6. The van der Waals surface area contributed by atoms with E-state index in [2.05, 4.69) is 24.9 Å². The van der Waals surface area contributed by atoms with Crippen LogP contribution in [0.4, 0.5) is 11.5 Å². The minimum atomic E-state index is -3.83. The molecule has 0 atom stereocenters. The van der Waals surface area contributed by atoms with Gasteiger partial charge in [-0.25, -0.2) is 18.4 Å². The van der Waals surface area contributed by atoms with Crippen molar-refractivity contribution >= 4 is 32.6 Å². The van der Waals surface area contributed by atoms with Gasteiger partial charge in [-0.15, -0.1) is 0 Å². The molecule has 0 spiro atoms. The molecule has 2 aromatic heterocycles. The first-order chi connectivity index (χ1) is 13.9. The van der Waals surface area contributed by atoms with E-state index in [9.17, 15) is 8.42 Å². The number of nitrogens with zero attached hydrogens (tertiary/aromatic N) is 4. The zero-order valence-electron chi connectivity index (χ0n) is 15.2. The fraction of sp³-hybridized carbons (Fsp3) is 0.0526. The minimum absolute atomic E-state index is 0.0306. The van der Waals surface area contributed by atoms with Crippen LogP contribution in [0.2, 0.25) is 0 Å². The van der Waals surface area contributed by atoms with E-state index in [0.29, 0.717) is 39.5 Å². The Morgan fingerprint density at radius 1 is 1.17 bits per heavy atom. The first-order valence-electron chi connectivity index (χ1n) is 8.47. The summed E-state index contributed by atoms with van der Waals surface area (Å²) >= 11 is 0. The molecule has 4 N–H and O–H groups in total. The highest BCUT2D eigenvalue weighted by Gasteiger charge is 2.16. The number of aromatic amines is 1. The molecule has 9 nitrogen and oxygen atoms in total. The second kappa shape index (κ2) is 6.88. The van der Waals surface area contributed by atoms with E-state index >= 15 is 0 Å². The molecule has 0 saturated carbocycles. The van der Waals surface area contributed by atoms with E-state index in [4.69, 9.17) is 11.0 Å². The van der Waals surface area contributed by atoms with Crippen molar-refractivity contribution in [3.8, 4) is 17.5 Å². The number of nitrogens with one attached hydrogen (secondary N) is 2. The summed E-state index contributed by atoms with van der Waals surface area (Å²) < 4.78 is 27.8. The Labute approximate surface area is 166 Å². The Morgan fingerprint density at radius 2 is 1.93 bits per heavy atom. The van der Waals surface area contributed by atoms with Gasteiger partial charge in [-0.3, -0.25) is 9.82 Å². The Morgan fingerprint density at radius 3 is 2.66 bits per heavy atom. The Hall–Kier alpha value is -3.97. The van der Waals surface area contributed by atoms with E-state index in [1.165, 1.54) is 12.1 Å². The van der Waals surface area contributed by atoms with Crippen LogP contribution in [0.15, 0.2) is 53.6 Å². The van der Waals surface area contributed by atoms with Gasteiger partial charge in [0.05, 0.1) is 21.9 Å². The van der Waals surface area contributed by atoms with Crippen LogP contribution in [0.1, 0.15) is 11.1 Å². The van der Waals surface area contributed by atoms with Crippen LogP contribution in [0.5, 0.6) is 0 Å². The van der Waals surface area contributed by atoms with Gasteiger partial charge in [0.2, 0.25) is 0 Å². The number of nitriles is 1. The Balaban J connectivity index is 1.60. The molecule has 0 bridgehead atoms. The standard InChI is InChI=1S/C19H15N7O2S/c1-11-6-12(9-20)8-15(7-11)29(27,28)26-14-4-2-13(3-5-14)18-22-10-16-17(21)24-25-19(16)23-18/h2-8,10,26H,1H3,(H3,21,22,23,24,25). The molecule has 29 heavy (non-hydrogen) atoms. The van der Waals surface area contributed by atoms with Gasteiger partial charge in [-0.05, 0) is 55.0 Å². The van der Waals surface area contributed by atoms with E-state index in [0.717, 1.165) is 0 Å². The molecule has 0 aliphatic carbocycles. The lowest BCUT2D eigenvalue weighted by Crippen LogP contribution is -2.13. The number of anilines is 2. The third kappa shape index (κ3) is 3.59. The molecule has 4 rings (SSSR count). The summed E-state index contributed by atoms with van der Waals surface area (Å²) in [6.07, 6.45) is 1.58. The summed E-state index contributed by atoms with van der Waals surface area (Å²) in [6.45, 7) is 1.73. The fourth-order valence-corrected chi connectivity index (χ4v) is 4.02. The molecule has 0 aliphatic heterocycles. The average Bonchev–Trinajstić information content (AvgIpc) is 3.08. The van der Waals surface area contributed by atoms with Crippen LogP contribution in [-0.4, -0.2) is 28.6 Å². The molecular formula is C19H15N7O2S. The van der Waals surface area contributed by atoms with Gasteiger partial charge in [0.25, 0.3) is 10.0 Å². The van der Waals surface area contributed by atoms with Crippen LogP contribution < -0.4 is 10.5 Å². The number of H-pyrrole nitrogens is 1.